The summed E-state index contributed by atoms with van der Waals surface area (Å²) in [7, 11) is 3.65. The van der Waals surface area contributed by atoms with E-state index >= 15 is 0 Å². The molecular weight excluding hydrogens is 228 g/mol. The van der Waals surface area contributed by atoms with Crippen molar-refractivity contribution in [3.05, 3.63) is 41.5 Å². The van der Waals surface area contributed by atoms with Crippen molar-refractivity contribution in [2.75, 3.05) is 7.11 Å². The molecule has 0 saturated heterocycles. The quantitative estimate of drug-likeness (QED) is 0.867. The zero-order valence-corrected chi connectivity index (χ0v) is 11.0. The molecule has 0 unspecified atom stereocenters. The Balaban J connectivity index is 1.94. The van der Waals surface area contributed by atoms with Crippen molar-refractivity contribution in [3.8, 4) is 5.75 Å². The first-order valence-electron chi connectivity index (χ1n) is 5.90. The third kappa shape index (κ3) is 2.68. The maximum absolute atomic E-state index is 5.30. The fourth-order valence-corrected chi connectivity index (χ4v) is 1.76. The molecule has 1 aromatic heterocycles. The van der Waals surface area contributed by atoms with Crippen LogP contribution in [0.2, 0.25) is 0 Å². The molecule has 1 aromatic carbocycles. The van der Waals surface area contributed by atoms with E-state index in [9.17, 15) is 0 Å². The Bertz CT molecular complexity index is 521. The summed E-state index contributed by atoms with van der Waals surface area (Å²) in [4.78, 5) is 0. The first kappa shape index (κ1) is 12.6. The van der Waals surface area contributed by atoms with E-state index in [1.807, 2.05) is 42.8 Å². The summed E-state index contributed by atoms with van der Waals surface area (Å²) < 4.78 is 7.28. The molecule has 1 N–H and O–H groups in total. The number of methoxy groups -OCH3 is 1. The van der Waals surface area contributed by atoms with Gasteiger partial charge in [0.05, 0.1) is 13.7 Å². The molecule has 5 nitrogen and oxygen atoms in total. The third-order valence-electron chi connectivity index (χ3n) is 2.97. The number of benzene rings is 1. The van der Waals surface area contributed by atoms with Gasteiger partial charge in [-0.05, 0) is 13.0 Å². The van der Waals surface area contributed by atoms with Gasteiger partial charge in [-0.15, -0.1) is 10.2 Å². The van der Waals surface area contributed by atoms with Gasteiger partial charge in [-0.3, -0.25) is 0 Å². The summed E-state index contributed by atoms with van der Waals surface area (Å²) in [5, 5.41) is 11.5. The maximum Gasteiger partial charge on any atom is 0.146 e. The molecule has 0 aliphatic rings. The lowest BCUT2D eigenvalue weighted by Gasteiger charge is -2.09. The zero-order chi connectivity index (χ0) is 13.0. The van der Waals surface area contributed by atoms with E-state index < -0.39 is 0 Å². The van der Waals surface area contributed by atoms with Crippen molar-refractivity contribution in [2.45, 2.75) is 20.0 Å². The second-order valence-corrected chi connectivity index (χ2v) is 4.14. The van der Waals surface area contributed by atoms with Crippen LogP contribution in [0.1, 0.15) is 17.2 Å². The van der Waals surface area contributed by atoms with Gasteiger partial charge in [0.25, 0.3) is 0 Å². The van der Waals surface area contributed by atoms with Crippen LogP contribution in [0.25, 0.3) is 0 Å². The topological polar surface area (TPSA) is 52.0 Å². The monoisotopic (exact) mass is 246 g/mol. The van der Waals surface area contributed by atoms with Crippen molar-refractivity contribution in [2.24, 2.45) is 7.05 Å². The van der Waals surface area contributed by atoms with E-state index in [-0.39, 0.29) is 0 Å². The average molecular weight is 246 g/mol. The molecule has 0 bridgehead atoms. The summed E-state index contributed by atoms with van der Waals surface area (Å²) in [5.74, 6) is 2.76. The largest absolute Gasteiger partial charge is 0.496 e. The number of rotatable bonds is 5. The standard InChI is InChI=1S/C13H18N4O/c1-10-15-16-13(17(10)2)9-14-8-11-6-4-5-7-12(11)18-3/h4-7,14H,8-9H2,1-3H3. The van der Waals surface area contributed by atoms with Gasteiger partial charge in [0.15, 0.2) is 0 Å². The highest BCUT2D eigenvalue weighted by Gasteiger charge is 2.05. The molecule has 0 saturated carbocycles. The van der Waals surface area contributed by atoms with E-state index in [2.05, 4.69) is 15.5 Å². The molecule has 0 aliphatic carbocycles. The lowest BCUT2D eigenvalue weighted by Crippen LogP contribution is -2.16. The van der Waals surface area contributed by atoms with Crippen LogP contribution in [0, 0.1) is 6.92 Å². The molecular formula is C13H18N4O. The number of para-hydroxylation sites is 1. The fourth-order valence-electron chi connectivity index (χ4n) is 1.76. The van der Waals surface area contributed by atoms with Crippen molar-refractivity contribution < 1.29 is 4.74 Å². The van der Waals surface area contributed by atoms with Crippen molar-refractivity contribution in [1.29, 1.82) is 0 Å². The summed E-state index contributed by atoms with van der Waals surface area (Å²) in [5.41, 5.74) is 1.14. The van der Waals surface area contributed by atoms with E-state index in [1.165, 1.54) is 0 Å². The lowest BCUT2D eigenvalue weighted by molar-refractivity contribution is 0.407. The minimum absolute atomic E-state index is 0.690. The molecule has 96 valence electrons. The van der Waals surface area contributed by atoms with Crippen LogP contribution >= 0.6 is 0 Å². The van der Waals surface area contributed by atoms with Gasteiger partial charge >= 0.3 is 0 Å². The van der Waals surface area contributed by atoms with Crippen molar-refractivity contribution >= 4 is 0 Å². The molecule has 0 amide bonds. The Morgan fingerprint density at radius 3 is 2.67 bits per heavy atom. The van der Waals surface area contributed by atoms with Gasteiger partial charge in [0.2, 0.25) is 0 Å². The zero-order valence-electron chi connectivity index (χ0n) is 11.0. The van der Waals surface area contributed by atoms with Gasteiger partial charge < -0.3 is 14.6 Å². The molecule has 0 radical (unpaired) electrons. The Morgan fingerprint density at radius 2 is 2.00 bits per heavy atom. The Morgan fingerprint density at radius 1 is 1.22 bits per heavy atom. The number of hydrogen-bond acceptors (Lipinski definition) is 4. The Labute approximate surface area is 107 Å². The van der Waals surface area contributed by atoms with Gasteiger partial charge in [0.1, 0.15) is 17.4 Å². The third-order valence-corrected chi connectivity index (χ3v) is 2.97. The van der Waals surface area contributed by atoms with Crippen LogP contribution in [0.5, 0.6) is 5.75 Å². The number of hydrogen-bond donors (Lipinski definition) is 1. The van der Waals surface area contributed by atoms with E-state index in [0.717, 1.165) is 29.5 Å². The Kier molecular flexibility index (Phi) is 3.94. The molecule has 0 aliphatic heterocycles. The highest BCUT2D eigenvalue weighted by atomic mass is 16.5. The van der Waals surface area contributed by atoms with Crippen LogP contribution in [-0.2, 0) is 20.1 Å². The molecule has 18 heavy (non-hydrogen) atoms. The first-order valence-corrected chi connectivity index (χ1v) is 5.90. The van der Waals surface area contributed by atoms with Crippen molar-refractivity contribution in [3.63, 3.8) is 0 Å². The predicted molar refractivity (Wildman–Crippen MR) is 69.3 cm³/mol. The van der Waals surface area contributed by atoms with E-state index in [0.29, 0.717) is 6.54 Å². The van der Waals surface area contributed by atoms with Gasteiger partial charge in [0, 0.05) is 19.2 Å². The average Bonchev–Trinajstić information content (AvgIpc) is 2.71. The van der Waals surface area contributed by atoms with Crippen LogP contribution in [0.3, 0.4) is 0 Å². The van der Waals surface area contributed by atoms with Gasteiger partial charge in [-0.2, -0.15) is 0 Å². The molecule has 0 atom stereocenters. The summed E-state index contributed by atoms with van der Waals surface area (Å²) in [6, 6.07) is 7.98. The van der Waals surface area contributed by atoms with E-state index in [1.54, 1.807) is 7.11 Å². The number of aromatic nitrogens is 3. The van der Waals surface area contributed by atoms with Crippen LogP contribution in [-0.4, -0.2) is 21.9 Å². The van der Waals surface area contributed by atoms with Gasteiger partial charge in [-0.25, -0.2) is 0 Å². The SMILES string of the molecule is COc1ccccc1CNCc1nnc(C)n1C. The van der Waals surface area contributed by atoms with Crippen molar-refractivity contribution in [1.82, 2.24) is 20.1 Å². The van der Waals surface area contributed by atoms with Gasteiger partial charge in [-0.1, -0.05) is 18.2 Å². The van der Waals surface area contributed by atoms with E-state index in [4.69, 9.17) is 4.74 Å². The summed E-state index contributed by atoms with van der Waals surface area (Å²) >= 11 is 0. The molecule has 2 aromatic rings. The van der Waals surface area contributed by atoms with Crippen LogP contribution < -0.4 is 10.1 Å². The Hall–Kier alpha value is -1.88. The normalized spacial score (nSPS) is 10.6. The number of nitrogens with zero attached hydrogens (tertiary/aromatic N) is 3. The molecule has 2 rings (SSSR count). The summed E-state index contributed by atoms with van der Waals surface area (Å²) in [6.07, 6.45) is 0. The highest BCUT2D eigenvalue weighted by molar-refractivity contribution is 5.32. The second kappa shape index (κ2) is 5.64. The minimum atomic E-state index is 0.690. The second-order valence-electron chi connectivity index (χ2n) is 4.14. The number of ether oxygens (including phenoxy) is 1. The van der Waals surface area contributed by atoms with Crippen LogP contribution in [0.4, 0.5) is 0 Å². The molecule has 0 fully saturated rings. The minimum Gasteiger partial charge on any atom is -0.496 e. The van der Waals surface area contributed by atoms with Crippen LogP contribution in [0.15, 0.2) is 24.3 Å². The first-order chi connectivity index (χ1) is 8.72. The molecule has 0 spiro atoms. The fraction of sp³-hybridized carbons (Fsp3) is 0.385. The smallest absolute Gasteiger partial charge is 0.146 e. The predicted octanol–water partition coefficient (Wildman–Crippen LogP) is 1.42. The number of aryl methyl sites for hydroxylation is 1. The lowest BCUT2D eigenvalue weighted by atomic mass is 10.2. The highest BCUT2D eigenvalue weighted by Crippen LogP contribution is 2.16. The maximum atomic E-state index is 5.30. The molecule has 5 heteroatoms. The molecule has 1 heterocycles. The number of nitrogens with one attached hydrogen (secondary N) is 1. The summed E-state index contributed by atoms with van der Waals surface area (Å²) in [6.45, 7) is 3.38.